The SMILES string of the molecule is CC(Cl)(Cl)Cl.O=S(=O)(O)OS(=O)(=O)OO.O=S(=O)(O)OS(=O)(=O)OO. The third-order valence-electron chi connectivity index (χ3n) is 0.521. The van der Waals surface area contributed by atoms with Crippen LogP contribution in [0.4, 0.5) is 0 Å². The van der Waals surface area contributed by atoms with Gasteiger partial charge in [0.1, 0.15) is 0 Å². The summed E-state index contributed by atoms with van der Waals surface area (Å²) in [4.78, 5) is 0. The van der Waals surface area contributed by atoms with E-state index in [0.29, 0.717) is 0 Å². The van der Waals surface area contributed by atoms with Crippen LogP contribution in [0.25, 0.3) is 0 Å². The second-order valence-electron chi connectivity index (χ2n) is 2.74. The van der Waals surface area contributed by atoms with Crippen molar-refractivity contribution >= 4 is 76.4 Å². The Morgan fingerprint density at radius 2 is 0.840 bits per heavy atom. The van der Waals surface area contributed by atoms with Gasteiger partial charge in [-0.05, 0) is 6.92 Å². The minimum absolute atomic E-state index is 1.08. The Kier molecular flexibility index (Phi) is 13.5. The maximum Gasteiger partial charge on any atom is 0.442 e. The van der Waals surface area contributed by atoms with E-state index >= 15 is 0 Å². The van der Waals surface area contributed by atoms with Crippen LogP contribution in [0.5, 0.6) is 0 Å². The van der Waals surface area contributed by atoms with E-state index in [-0.39, 0.29) is 0 Å². The largest absolute Gasteiger partial charge is 0.442 e. The molecule has 0 saturated carbocycles. The summed E-state index contributed by atoms with van der Waals surface area (Å²) in [5.74, 6) is 0. The molecule has 0 unspecified atom stereocenters. The summed E-state index contributed by atoms with van der Waals surface area (Å²) in [6.45, 7) is 1.48. The lowest BCUT2D eigenvalue weighted by Crippen LogP contribution is -2.13. The van der Waals surface area contributed by atoms with Gasteiger partial charge in [-0.2, -0.15) is 33.7 Å². The zero-order valence-electron chi connectivity index (χ0n) is 11.0. The zero-order valence-corrected chi connectivity index (χ0v) is 16.5. The zero-order chi connectivity index (χ0) is 21.3. The van der Waals surface area contributed by atoms with E-state index in [9.17, 15) is 33.7 Å². The van der Waals surface area contributed by atoms with Gasteiger partial charge >= 0.3 is 41.6 Å². The molecule has 0 aromatic rings. The second kappa shape index (κ2) is 11.3. The third kappa shape index (κ3) is 36.1. The molecule has 0 radical (unpaired) electrons. The lowest BCUT2D eigenvalue weighted by molar-refractivity contribution is -0.138. The summed E-state index contributed by atoms with van der Waals surface area (Å²) in [6, 6.07) is 0. The molecule has 0 fully saturated rings. The Labute approximate surface area is 156 Å². The van der Waals surface area contributed by atoms with E-state index in [1.807, 2.05) is 0 Å². The molecule has 0 aromatic carbocycles. The van der Waals surface area contributed by atoms with Gasteiger partial charge in [-0.15, -0.1) is 0 Å². The van der Waals surface area contributed by atoms with Crippen LogP contribution in [0.1, 0.15) is 6.92 Å². The van der Waals surface area contributed by atoms with Gasteiger partial charge in [0.05, 0.1) is 0 Å². The number of alkyl halides is 3. The van der Waals surface area contributed by atoms with Crippen molar-refractivity contribution in [2.24, 2.45) is 0 Å². The maximum atomic E-state index is 9.78. The van der Waals surface area contributed by atoms with Crippen molar-refractivity contribution in [1.29, 1.82) is 0 Å². The highest BCUT2D eigenvalue weighted by Gasteiger charge is 2.21. The minimum Gasteiger partial charge on any atom is -0.263 e. The van der Waals surface area contributed by atoms with E-state index in [1.54, 1.807) is 0 Å². The van der Waals surface area contributed by atoms with E-state index < -0.39 is 45.4 Å². The van der Waals surface area contributed by atoms with Crippen molar-refractivity contribution in [2.45, 2.75) is 10.7 Å². The van der Waals surface area contributed by atoms with Gasteiger partial charge in [0.25, 0.3) is 0 Å². The standard InChI is InChI=1S/C2H3Cl3.2H2O8S2/c1-2(3,4)5;2*1-7-10(5,6)8-9(2,3)4/h1H3;2*1H,(H,2,3,4). The minimum atomic E-state index is -5.17. The smallest absolute Gasteiger partial charge is 0.263 e. The molecule has 0 bridgehead atoms. The van der Waals surface area contributed by atoms with Crippen molar-refractivity contribution in [3.8, 4) is 0 Å². The Morgan fingerprint density at radius 1 is 0.680 bits per heavy atom. The summed E-state index contributed by atoms with van der Waals surface area (Å²) in [5.41, 5.74) is 0. The Hall–Kier alpha value is 0.350. The molecule has 0 spiro atoms. The van der Waals surface area contributed by atoms with Crippen LogP contribution < -0.4 is 0 Å². The summed E-state index contributed by atoms with van der Waals surface area (Å²) < 4.78 is 102. The molecule has 23 heteroatoms. The van der Waals surface area contributed by atoms with Gasteiger partial charge in [0, 0.05) is 0 Å². The third-order valence-corrected chi connectivity index (χ3v) is 3.60. The van der Waals surface area contributed by atoms with Crippen molar-refractivity contribution in [3.05, 3.63) is 0 Å². The van der Waals surface area contributed by atoms with Crippen molar-refractivity contribution < 1.29 is 69.2 Å². The van der Waals surface area contributed by atoms with E-state index in [4.69, 9.17) is 54.4 Å². The van der Waals surface area contributed by atoms with Crippen LogP contribution in [0.3, 0.4) is 0 Å². The summed E-state index contributed by atoms with van der Waals surface area (Å²) >= 11 is 15.2. The first-order chi connectivity index (χ1) is 10.5. The number of hydrogen-bond acceptors (Lipinski definition) is 14. The number of halogens is 3. The quantitative estimate of drug-likeness (QED) is 0.148. The number of hydrogen-bond donors (Lipinski definition) is 4. The fourth-order valence-electron chi connectivity index (χ4n) is 0.235. The molecular formula is C2H7Cl3O16S4. The van der Waals surface area contributed by atoms with Crippen LogP contribution >= 0.6 is 34.8 Å². The van der Waals surface area contributed by atoms with Crippen LogP contribution in [-0.4, -0.2) is 57.1 Å². The normalized spacial score (nSPS) is 13.1. The average molecular weight is 522 g/mol. The van der Waals surface area contributed by atoms with Gasteiger partial charge in [0.15, 0.2) is 3.79 Å². The highest BCUT2D eigenvalue weighted by atomic mass is 35.6. The summed E-state index contributed by atoms with van der Waals surface area (Å²) in [5, 5.41) is 14.7. The van der Waals surface area contributed by atoms with Gasteiger partial charge in [0.2, 0.25) is 0 Å². The Balaban J connectivity index is -0.000000308. The predicted molar refractivity (Wildman–Crippen MR) is 76.5 cm³/mol. The molecule has 0 aromatic heterocycles. The molecule has 0 heterocycles. The molecule has 0 aliphatic rings. The summed E-state index contributed by atoms with van der Waals surface area (Å²) in [6.07, 6.45) is 0. The van der Waals surface area contributed by atoms with Crippen LogP contribution in [0.15, 0.2) is 0 Å². The average Bonchev–Trinajstić information content (AvgIpc) is 2.21. The molecule has 4 N–H and O–H groups in total. The molecule has 0 amide bonds. The fourth-order valence-corrected chi connectivity index (χ4v) is 2.12. The topological polar surface area (TPSA) is 254 Å². The molecule has 0 aliphatic heterocycles. The van der Waals surface area contributed by atoms with Crippen molar-refractivity contribution in [3.63, 3.8) is 0 Å². The first-order valence-corrected chi connectivity index (χ1v) is 10.7. The van der Waals surface area contributed by atoms with Gasteiger partial charge < -0.3 is 0 Å². The van der Waals surface area contributed by atoms with Crippen molar-refractivity contribution in [1.82, 2.24) is 0 Å². The van der Waals surface area contributed by atoms with Gasteiger partial charge in [-0.1, -0.05) is 50.7 Å². The molecular weight excluding hydrogens is 515 g/mol. The molecule has 16 nitrogen and oxygen atoms in total. The highest BCUT2D eigenvalue weighted by Crippen LogP contribution is 2.23. The lowest BCUT2D eigenvalue weighted by atomic mass is 10.9. The van der Waals surface area contributed by atoms with Gasteiger partial charge in [-0.25, -0.2) is 10.5 Å². The molecule has 0 atom stereocenters. The van der Waals surface area contributed by atoms with E-state index in [0.717, 1.165) is 0 Å². The second-order valence-corrected chi connectivity index (χ2v) is 10.3. The summed E-state index contributed by atoms with van der Waals surface area (Å²) in [7, 11) is -20.5. The Bertz CT molecular complexity index is 712. The molecule has 0 rings (SSSR count). The monoisotopic (exact) mass is 520 g/mol. The molecule has 25 heavy (non-hydrogen) atoms. The highest BCUT2D eigenvalue weighted by molar-refractivity contribution is 7.95. The Morgan fingerprint density at radius 3 is 0.880 bits per heavy atom. The number of rotatable bonds is 6. The maximum absolute atomic E-state index is 9.78. The fraction of sp³-hybridized carbons (Fsp3) is 1.00. The first-order valence-electron chi connectivity index (χ1n) is 4.13. The first kappa shape index (κ1) is 30.1. The predicted octanol–water partition coefficient (Wildman–Crippen LogP) is -0.543. The van der Waals surface area contributed by atoms with Crippen LogP contribution in [-0.2, 0) is 57.5 Å². The van der Waals surface area contributed by atoms with Crippen LogP contribution in [0.2, 0.25) is 0 Å². The lowest BCUT2D eigenvalue weighted by Gasteiger charge is -1.94. The molecule has 0 saturated heterocycles. The molecule has 156 valence electrons. The van der Waals surface area contributed by atoms with Crippen LogP contribution in [0, 0.1) is 0 Å². The van der Waals surface area contributed by atoms with E-state index in [1.165, 1.54) is 6.92 Å². The van der Waals surface area contributed by atoms with Gasteiger partial charge in [-0.3, -0.25) is 9.11 Å². The molecule has 0 aliphatic carbocycles. The van der Waals surface area contributed by atoms with E-state index in [2.05, 4.69) is 15.9 Å². The van der Waals surface area contributed by atoms with Crippen molar-refractivity contribution in [2.75, 3.05) is 0 Å².